The summed E-state index contributed by atoms with van der Waals surface area (Å²) in [6.07, 6.45) is 6.11. The van der Waals surface area contributed by atoms with Crippen LogP contribution in [0.4, 0.5) is 0 Å². The Balaban J connectivity index is 1.68. The number of nitrogens with zero attached hydrogens (tertiary/aromatic N) is 1. The van der Waals surface area contributed by atoms with Crippen LogP contribution in [0, 0.1) is 0 Å². The first kappa shape index (κ1) is 23.3. The fourth-order valence-electron chi connectivity index (χ4n) is 4.44. The molecule has 2 amide bonds. The van der Waals surface area contributed by atoms with Crippen LogP contribution in [-0.2, 0) is 22.6 Å². The molecule has 1 aliphatic carbocycles. The number of amides is 2. The molecule has 0 spiro atoms. The first-order chi connectivity index (χ1) is 16.0. The van der Waals surface area contributed by atoms with Gasteiger partial charge in [0.15, 0.2) is 0 Å². The molecular formula is C27H32N2O3S. The van der Waals surface area contributed by atoms with E-state index in [1.807, 2.05) is 41.8 Å². The van der Waals surface area contributed by atoms with Crippen molar-refractivity contribution in [3.8, 4) is 0 Å². The predicted molar refractivity (Wildman–Crippen MR) is 131 cm³/mol. The standard InChI is InChI=1S/C27H32N2O3S/c1-19(2)20-11-13-21(14-12-20)26(27(31)28-22-7-3-4-8-22)29(18-23-9-5-15-32-23)25(30)17-24-10-6-16-33-24/h5-6,9-16,19,22,26H,3-4,7-8,17-18H2,1-2H3,(H,28,31). The molecule has 1 N–H and O–H groups in total. The molecule has 2 heterocycles. The molecule has 0 saturated heterocycles. The Hall–Kier alpha value is -2.86. The van der Waals surface area contributed by atoms with Crippen molar-refractivity contribution >= 4 is 23.2 Å². The molecule has 33 heavy (non-hydrogen) atoms. The molecule has 1 unspecified atom stereocenters. The van der Waals surface area contributed by atoms with E-state index in [1.54, 1.807) is 22.5 Å². The highest BCUT2D eigenvalue weighted by Gasteiger charge is 2.33. The summed E-state index contributed by atoms with van der Waals surface area (Å²) < 4.78 is 5.58. The second-order valence-corrected chi connectivity index (χ2v) is 10.1. The molecular weight excluding hydrogens is 432 g/mol. The third-order valence-electron chi connectivity index (χ3n) is 6.31. The zero-order valence-electron chi connectivity index (χ0n) is 19.3. The van der Waals surface area contributed by atoms with Gasteiger partial charge < -0.3 is 14.6 Å². The van der Waals surface area contributed by atoms with Gasteiger partial charge in [-0.1, -0.05) is 57.0 Å². The molecule has 1 aliphatic rings. The van der Waals surface area contributed by atoms with Gasteiger partial charge in [-0.2, -0.15) is 0 Å². The Bertz CT molecular complexity index is 1020. The van der Waals surface area contributed by atoms with Crippen molar-refractivity contribution < 1.29 is 14.0 Å². The number of hydrogen-bond acceptors (Lipinski definition) is 4. The number of hydrogen-bond donors (Lipinski definition) is 1. The van der Waals surface area contributed by atoms with E-state index in [0.29, 0.717) is 11.7 Å². The van der Waals surface area contributed by atoms with Crippen LogP contribution in [0.15, 0.2) is 64.6 Å². The average Bonchev–Trinajstić information content (AvgIpc) is 3.58. The van der Waals surface area contributed by atoms with Gasteiger partial charge in [0.1, 0.15) is 11.8 Å². The second kappa shape index (κ2) is 10.8. The van der Waals surface area contributed by atoms with Crippen molar-refractivity contribution in [1.29, 1.82) is 0 Å². The molecule has 2 aromatic heterocycles. The quantitative estimate of drug-likeness (QED) is 0.433. The molecule has 1 fully saturated rings. The van der Waals surface area contributed by atoms with Crippen LogP contribution in [0.2, 0.25) is 0 Å². The number of carbonyl (C=O) groups excluding carboxylic acids is 2. The maximum absolute atomic E-state index is 13.7. The smallest absolute Gasteiger partial charge is 0.247 e. The zero-order chi connectivity index (χ0) is 23.2. The Labute approximate surface area is 199 Å². The van der Waals surface area contributed by atoms with Crippen molar-refractivity contribution in [2.75, 3.05) is 0 Å². The topological polar surface area (TPSA) is 62.6 Å². The molecule has 0 aliphatic heterocycles. The molecule has 6 heteroatoms. The normalized spacial score (nSPS) is 15.0. The molecule has 5 nitrogen and oxygen atoms in total. The fourth-order valence-corrected chi connectivity index (χ4v) is 5.14. The molecule has 1 atom stereocenters. The van der Waals surface area contributed by atoms with Crippen molar-refractivity contribution in [1.82, 2.24) is 10.2 Å². The van der Waals surface area contributed by atoms with Crippen LogP contribution >= 0.6 is 11.3 Å². The lowest BCUT2D eigenvalue weighted by atomic mass is 9.97. The first-order valence-electron chi connectivity index (χ1n) is 11.8. The highest BCUT2D eigenvalue weighted by Crippen LogP contribution is 2.28. The van der Waals surface area contributed by atoms with E-state index in [9.17, 15) is 9.59 Å². The van der Waals surface area contributed by atoms with Gasteiger partial charge in [0.2, 0.25) is 11.8 Å². The summed E-state index contributed by atoms with van der Waals surface area (Å²) in [5.41, 5.74) is 2.03. The summed E-state index contributed by atoms with van der Waals surface area (Å²) in [6, 6.07) is 15.1. The van der Waals surface area contributed by atoms with Gasteiger partial charge in [0, 0.05) is 10.9 Å². The van der Waals surface area contributed by atoms with Gasteiger partial charge in [0.25, 0.3) is 0 Å². The van der Waals surface area contributed by atoms with E-state index in [1.165, 1.54) is 5.56 Å². The molecule has 174 valence electrons. The maximum Gasteiger partial charge on any atom is 0.247 e. The van der Waals surface area contributed by atoms with E-state index < -0.39 is 6.04 Å². The van der Waals surface area contributed by atoms with Gasteiger partial charge in [-0.3, -0.25) is 9.59 Å². The van der Waals surface area contributed by atoms with Crippen LogP contribution in [-0.4, -0.2) is 22.8 Å². The maximum atomic E-state index is 13.7. The van der Waals surface area contributed by atoms with E-state index >= 15 is 0 Å². The minimum atomic E-state index is -0.718. The minimum absolute atomic E-state index is 0.0895. The average molecular weight is 465 g/mol. The summed E-state index contributed by atoms with van der Waals surface area (Å²) in [5.74, 6) is 0.843. The van der Waals surface area contributed by atoms with Gasteiger partial charge >= 0.3 is 0 Å². The molecule has 1 saturated carbocycles. The molecule has 1 aromatic carbocycles. The molecule has 3 aromatic rings. The van der Waals surface area contributed by atoms with E-state index in [4.69, 9.17) is 4.42 Å². The third-order valence-corrected chi connectivity index (χ3v) is 7.19. The molecule has 0 bridgehead atoms. The van der Waals surface area contributed by atoms with Gasteiger partial charge in [-0.25, -0.2) is 0 Å². The predicted octanol–water partition coefficient (Wildman–Crippen LogP) is 5.84. The van der Waals surface area contributed by atoms with E-state index in [-0.39, 0.29) is 30.8 Å². The Morgan fingerprint density at radius 1 is 1.06 bits per heavy atom. The second-order valence-electron chi connectivity index (χ2n) is 9.07. The molecule has 4 rings (SSSR count). The highest BCUT2D eigenvalue weighted by molar-refractivity contribution is 7.10. The largest absolute Gasteiger partial charge is 0.467 e. The van der Waals surface area contributed by atoms with Crippen LogP contribution < -0.4 is 5.32 Å². The Morgan fingerprint density at radius 3 is 2.39 bits per heavy atom. The first-order valence-corrected chi connectivity index (χ1v) is 12.6. The van der Waals surface area contributed by atoms with Gasteiger partial charge in [0.05, 0.1) is 19.2 Å². The van der Waals surface area contributed by atoms with Crippen LogP contribution in [0.5, 0.6) is 0 Å². The summed E-state index contributed by atoms with van der Waals surface area (Å²) in [5, 5.41) is 5.19. The van der Waals surface area contributed by atoms with Crippen molar-refractivity contribution in [2.24, 2.45) is 0 Å². The van der Waals surface area contributed by atoms with Gasteiger partial charge in [-0.15, -0.1) is 11.3 Å². The van der Waals surface area contributed by atoms with Crippen LogP contribution in [0.1, 0.15) is 73.3 Å². The minimum Gasteiger partial charge on any atom is -0.467 e. The SMILES string of the molecule is CC(C)c1ccc(C(C(=O)NC2CCCC2)N(Cc2ccco2)C(=O)Cc2cccs2)cc1. The number of carbonyl (C=O) groups is 2. The van der Waals surface area contributed by atoms with E-state index in [0.717, 1.165) is 36.1 Å². The number of thiophene rings is 1. The fraction of sp³-hybridized carbons (Fsp3) is 0.407. The van der Waals surface area contributed by atoms with Crippen LogP contribution in [0.25, 0.3) is 0 Å². The summed E-state index contributed by atoms with van der Waals surface area (Å²) in [4.78, 5) is 29.9. The third kappa shape index (κ3) is 5.93. The monoisotopic (exact) mass is 464 g/mol. The van der Waals surface area contributed by atoms with Crippen molar-refractivity contribution in [3.63, 3.8) is 0 Å². The Morgan fingerprint density at radius 2 is 1.79 bits per heavy atom. The number of rotatable bonds is 9. The molecule has 0 radical (unpaired) electrons. The summed E-state index contributed by atoms with van der Waals surface area (Å²) >= 11 is 1.55. The van der Waals surface area contributed by atoms with Crippen LogP contribution in [0.3, 0.4) is 0 Å². The zero-order valence-corrected chi connectivity index (χ0v) is 20.1. The summed E-state index contributed by atoms with van der Waals surface area (Å²) in [7, 11) is 0. The summed E-state index contributed by atoms with van der Waals surface area (Å²) in [6.45, 7) is 4.53. The Kier molecular flexibility index (Phi) is 7.65. The highest BCUT2D eigenvalue weighted by atomic mass is 32.1. The number of furan rings is 1. The van der Waals surface area contributed by atoms with Crippen molar-refractivity contribution in [2.45, 2.75) is 70.5 Å². The van der Waals surface area contributed by atoms with Gasteiger partial charge in [-0.05, 0) is 53.5 Å². The number of nitrogens with one attached hydrogen (secondary N) is 1. The number of benzene rings is 1. The van der Waals surface area contributed by atoms with E-state index in [2.05, 4.69) is 31.3 Å². The lowest BCUT2D eigenvalue weighted by Gasteiger charge is -2.32. The lowest BCUT2D eigenvalue weighted by molar-refractivity contribution is -0.141. The van der Waals surface area contributed by atoms with Crippen molar-refractivity contribution in [3.05, 3.63) is 81.9 Å². The lowest BCUT2D eigenvalue weighted by Crippen LogP contribution is -2.46.